The van der Waals surface area contributed by atoms with E-state index in [2.05, 4.69) is 67.4 Å². The van der Waals surface area contributed by atoms with Gasteiger partial charge in [-0.15, -0.1) is 0 Å². The number of piperidine rings is 1. The van der Waals surface area contributed by atoms with Crippen LogP contribution < -0.4 is 5.32 Å². The molecule has 1 heterocycles. The molecule has 1 saturated heterocycles. The van der Waals surface area contributed by atoms with Gasteiger partial charge in [-0.2, -0.15) is 0 Å². The number of carbonyl (C=O) groups is 1. The Hall–Kier alpha value is -1.87. The van der Waals surface area contributed by atoms with E-state index < -0.39 is 0 Å². The van der Waals surface area contributed by atoms with Crippen molar-refractivity contribution in [3.05, 3.63) is 58.7 Å². The standard InChI is InChI=1S/C26H40N2O/c1-4-10-22(3)25(5-2)21-24-15-13-23(14-16-24)11-9-12-26(29)27-17-20-28-18-7-6-8-19-28/h5,10,13-16H,4,6-9,11-12,17-21H2,1-3H3,(H,27,29)/b22-10-,25-5-. The lowest BCUT2D eigenvalue weighted by atomic mass is 9.97. The molecule has 1 aromatic carbocycles. The quantitative estimate of drug-likeness (QED) is 0.504. The number of nitrogens with one attached hydrogen (secondary N) is 1. The van der Waals surface area contributed by atoms with E-state index in [4.69, 9.17) is 0 Å². The Morgan fingerprint density at radius 2 is 1.79 bits per heavy atom. The van der Waals surface area contributed by atoms with Crippen molar-refractivity contribution in [2.45, 2.75) is 72.1 Å². The van der Waals surface area contributed by atoms with Gasteiger partial charge in [0.2, 0.25) is 5.91 Å². The molecule has 0 radical (unpaired) electrons. The fourth-order valence-corrected chi connectivity index (χ4v) is 4.03. The summed E-state index contributed by atoms with van der Waals surface area (Å²) in [5, 5.41) is 3.08. The molecule has 1 aromatic rings. The minimum Gasteiger partial charge on any atom is -0.355 e. The highest BCUT2D eigenvalue weighted by Crippen LogP contribution is 2.18. The first-order chi connectivity index (χ1) is 14.1. The van der Waals surface area contributed by atoms with Crippen LogP contribution in [0, 0.1) is 0 Å². The first-order valence-electron chi connectivity index (χ1n) is 11.5. The Kier molecular flexibility index (Phi) is 10.8. The SMILES string of the molecule is C/C=C(Cc1ccc(CCCC(=O)NCCN2CCCCC2)cc1)\C(C)=C/CC. The zero-order valence-corrected chi connectivity index (χ0v) is 18.8. The van der Waals surface area contributed by atoms with E-state index >= 15 is 0 Å². The number of rotatable bonds is 11. The highest BCUT2D eigenvalue weighted by molar-refractivity contribution is 5.75. The number of nitrogens with zero attached hydrogens (tertiary/aromatic N) is 1. The monoisotopic (exact) mass is 396 g/mol. The minimum absolute atomic E-state index is 0.189. The average molecular weight is 397 g/mol. The summed E-state index contributed by atoms with van der Waals surface area (Å²) in [6.07, 6.45) is 13.0. The van der Waals surface area contributed by atoms with Crippen LogP contribution in [0.1, 0.15) is 70.4 Å². The smallest absolute Gasteiger partial charge is 0.220 e. The van der Waals surface area contributed by atoms with Gasteiger partial charge in [0, 0.05) is 19.5 Å². The molecule has 1 fully saturated rings. The number of hydrogen-bond donors (Lipinski definition) is 1. The van der Waals surface area contributed by atoms with Crippen molar-refractivity contribution in [3.63, 3.8) is 0 Å². The van der Waals surface area contributed by atoms with Gasteiger partial charge in [-0.3, -0.25) is 4.79 Å². The third-order valence-corrected chi connectivity index (χ3v) is 5.85. The molecule has 0 unspecified atom stereocenters. The first-order valence-corrected chi connectivity index (χ1v) is 11.5. The molecule has 0 spiro atoms. The molecule has 1 aliphatic heterocycles. The second-order valence-electron chi connectivity index (χ2n) is 8.21. The van der Waals surface area contributed by atoms with E-state index in [0.717, 1.165) is 38.8 Å². The molecule has 29 heavy (non-hydrogen) atoms. The van der Waals surface area contributed by atoms with E-state index in [1.807, 2.05) is 0 Å². The van der Waals surface area contributed by atoms with Crippen molar-refractivity contribution in [2.75, 3.05) is 26.2 Å². The number of allylic oxidation sites excluding steroid dienone is 4. The molecule has 1 amide bonds. The van der Waals surface area contributed by atoms with Gasteiger partial charge >= 0.3 is 0 Å². The van der Waals surface area contributed by atoms with Crippen molar-refractivity contribution in [3.8, 4) is 0 Å². The molecular weight excluding hydrogens is 356 g/mol. The molecule has 3 heteroatoms. The summed E-state index contributed by atoms with van der Waals surface area (Å²) in [4.78, 5) is 14.5. The lowest BCUT2D eigenvalue weighted by molar-refractivity contribution is -0.121. The van der Waals surface area contributed by atoms with Crippen LogP contribution in [0.25, 0.3) is 0 Å². The molecule has 0 aliphatic carbocycles. The van der Waals surface area contributed by atoms with Crippen LogP contribution in [0.4, 0.5) is 0 Å². The van der Waals surface area contributed by atoms with E-state index in [9.17, 15) is 4.79 Å². The highest BCUT2D eigenvalue weighted by Gasteiger charge is 2.10. The Bertz CT molecular complexity index is 666. The summed E-state index contributed by atoms with van der Waals surface area (Å²) in [6, 6.07) is 8.90. The Labute approximate surface area is 178 Å². The summed E-state index contributed by atoms with van der Waals surface area (Å²) in [6.45, 7) is 10.7. The number of carbonyl (C=O) groups excluding carboxylic acids is 1. The van der Waals surface area contributed by atoms with Crippen molar-refractivity contribution >= 4 is 5.91 Å². The number of amides is 1. The van der Waals surface area contributed by atoms with Crippen molar-refractivity contribution < 1.29 is 4.79 Å². The maximum Gasteiger partial charge on any atom is 0.220 e. The topological polar surface area (TPSA) is 32.3 Å². The fourth-order valence-electron chi connectivity index (χ4n) is 4.03. The predicted octanol–water partition coefficient (Wildman–Crippen LogP) is 5.46. The largest absolute Gasteiger partial charge is 0.355 e. The lowest BCUT2D eigenvalue weighted by Gasteiger charge is -2.26. The molecule has 3 nitrogen and oxygen atoms in total. The van der Waals surface area contributed by atoms with Gasteiger partial charge in [0.05, 0.1) is 0 Å². The van der Waals surface area contributed by atoms with E-state index in [-0.39, 0.29) is 5.91 Å². The number of hydrogen-bond acceptors (Lipinski definition) is 2. The predicted molar refractivity (Wildman–Crippen MR) is 124 cm³/mol. The van der Waals surface area contributed by atoms with Gasteiger partial charge in [0.25, 0.3) is 0 Å². The summed E-state index contributed by atoms with van der Waals surface area (Å²) < 4.78 is 0. The van der Waals surface area contributed by atoms with Crippen LogP contribution >= 0.6 is 0 Å². The van der Waals surface area contributed by atoms with Crippen LogP contribution in [0.2, 0.25) is 0 Å². The van der Waals surface area contributed by atoms with E-state index in [1.54, 1.807) is 0 Å². The molecule has 0 aromatic heterocycles. The van der Waals surface area contributed by atoms with Crippen LogP contribution in [0.15, 0.2) is 47.6 Å². The maximum atomic E-state index is 12.1. The van der Waals surface area contributed by atoms with Gasteiger partial charge < -0.3 is 10.2 Å². The number of likely N-dealkylation sites (tertiary alicyclic amines) is 1. The second-order valence-corrected chi connectivity index (χ2v) is 8.21. The second kappa shape index (κ2) is 13.4. The molecule has 1 aliphatic rings. The molecule has 1 N–H and O–H groups in total. The molecule has 0 atom stereocenters. The van der Waals surface area contributed by atoms with Crippen LogP contribution in [0.3, 0.4) is 0 Å². The van der Waals surface area contributed by atoms with Crippen LogP contribution in [-0.4, -0.2) is 37.0 Å². The summed E-state index contributed by atoms with van der Waals surface area (Å²) in [5.41, 5.74) is 5.45. The Morgan fingerprint density at radius 1 is 1.10 bits per heavy atom. The Morgan fingerprint density at radius 3 is 2.45 bits per heavy atom. The molecule has 160 valence electrons. The van der Waals surface area contributed by atoms with E-state index in [1.165, 1.54) is 54.6 Å². The summed E-state index contributed by atoms with van der Waals surface area (Å²) >= 11 is 0. The highest BCUT2D eigenvalue weighted by atomic mass is 16.1. The van der Waals surface area contributed by atoms with Gasteiger partial charge in [-0.05, 0) is 82.2 Å². The van der Waals surface area contributed by atoms with Crippen molar-refractivity contribution in [1.29, 1.82) is 0 Å². The number of aryl methyl sites for hydroxylation is 1. The van der Waals surface area contributed by atoms with Crippen molar-refractivity contribution in [2.24, 2.45) is 0 Å². The number of benzene rings is 1. The van der Waals surface area contributed by atoms with Gasteiger partial charge in [-0.1, -0.05) is 55.3 Å². The first kappa shape index (κ1) is 23.4. The Balaban J connectivity index is 1.66. The third-order valence-electron chi connectivity index (χ3n) is 5.85. The zero-order chi connectivity index (χ0) is 20.9. The normalized spacial score (nSPS) is 16.1. The zero-order valence-electron chi connectivity index (χ0n) is 18.8. The van der Waals surface area contributed by atoms with Crippen molar-refractivity contribution in [1.82, 2.24) is 10.2 Å². The molecule has 0 bridgehead atoms. The fraction of sp³-hybridized carbons (Fsp3) is 0.577. The van der Waals surface area contributed by atoms with Crippen LogP contribution in [0.5, 0.6) is 0 Å². The van der Waals surface area contributed by atoms with Gasteiger partial charge in [-0.25, -0.2) is 0 Å². The van der Waals surface area contributed by atoms with Gasteiger partial charge in [0.1, 0.15) is 0 Å². The van der Waals surface area contributed by atoms with E-state index in [0.29, 0.717) is 6.42 Å². The third kappa shape index (κ3) is 8.99. The molecule has 0 saturated carbocycles. The van der Waals surface area contributed by atoms with Crippen LogP contribution in [-0.2, 0) is 17.6 Å². The average Bonchev–Trinajstić information content (AvgIpc) is 2.74. The van der Waals surface area contributed by atoms with Gasteiger partial charge in [0.15, 0.2) is 0 Å². The minimum atomic E-state index is 0.189. The molecular formula is C26H40N2O. The molecule has 2 rings (SSSR count). The maximum absolute atomic E-state index is 12.1. The summed E-state index contributed by atoms with van der Waals surface area (Å²) in [7, 11) is 0. The lowest BCUT2D eigenvalue weighted by Crippen LogP contribution is -2.37. The summed E-state index contributed by atoms with van der Waals surface area (Å²) in [5.74, 6) is 0.189.